The second-order valence-electron chi connectivity index (χ2n) is 6.12. The third-order valence-corrected chi connectivity index (χ3v) is 4.39. The normalized spacial score (nSPS) is 11.1. The molecule has 27 heavy (non-hydrogen) atoms. The lowest BCUT2D eigenvalue weighted by Gasteiger charge is -2.06. The van der Waals surface area contributed by atoms with Gasteiger partial charge in [0, 0.05) is 30.8 Å². The number of aromatic nitrogens is 3. The second-order valence-corrected chi connectivity index (χ2v) is 6.12. The SMILES string of the molecule is COCCNC(=O)c1ccc2ncc3c(=O)n(-c4ccccc4)[nH]c3c2c1. The first-order valence-electron chi connectivity index (χ1n) is 8.55. The van der Waals surface area contributed by atoms with Crippen LogP contribution in [-0.2, 0) is 4.74 Å². The topological polar surface area (TPSA) is 89.0 Å². The van der Waals surface area contributed by atoms with Crippen LogP contribution in [0.2, 0.25) is 0 Å². The molecule has 2 aromatic heterocycles. The maximum absolute atomic E-state index is 12.8. The number of para-hydroxylation sites is 1. The van der Waals surface area contributed by atoms with Crippen LogP contribution in [0.25, 0.3) is 27.5 Å². The zero-order chi connectivity index (χ0) is 18.8. The third-order valence-electron chi connectivity index (χ3n) is 4.39. The van der Waals surface area contributed by atoms with Gasteiger partial charge in [0.2, 0.25) is 0 Å². The molecule has 0 bridgehead atoms. The Balaban J connectivity index is 1.83. The van der Waals surface area contributed by atoms with Crippen LogP contribution in [0.1, 0.15) is 10.4 Å². The minimum absolute atomic E-state index is 0.180. The molecule has 1 amide bonds. The third kappa shape index (κ3) is 3.09. The van der Waals surface area contributed by atoms with Crippen LogP contribution in [0, 0.1) is 0 Å². The molecular weight excluding hydrogens is 344 g/mol. The van der Waals surface area contributed by atoms with Crippen LogP contribution in [0.15, 0.2) is 59.5 Å². The number of pyridine rings is 1. The fourth-order valence-corrected chi connectivity index (χ4v) is 3.03. The molecule has 0 atom stereocenters. The molecule has 2 heterocycles. The van der Waals surface area contributed by atoms with E-state index in [2.05, 4.69) is 15.4 Å². The summed E-state index contributed by atoms with van der Waals surface area (Å²) in [5, 5.41) is 7.14. The molecule has 0 fully saturated rings. The fourth-order valence-electron chi connectivity index (χ4n) is 3.03. The summed E-state index contributed by atoms with van der Waals surface area (Å²) in [5.41, 5.74) is 2.42. The average Bonchev–Trinajstić information content (AvgIpc) is 3.05. The van der Waals surface area contributed by atoms with Gasteiger partial charge in [-0.05, 0) is 30.3 Å². The van der Waals surface area contributed by atoms with Gasteiger partial charge in [-0.3, -0.25) is 19.7 Å². The summed E-state index contributed by atoms with van der Waals surface area (Å²) in [6.45, 7) is 0.870. The smallest absolute Gasteiger partial charge is 0.280 e. The quantitative estimate of drug-likeness (QED) is 0.533. The van der Waals surface area contributed by atoms with Gasteiger partial charge >= 0.3 is 0 Å². The number of hydrogen-bond acceptors (Lipinski definition) is 4. The Morgan fingerprint density at radius 1 is 1.19 bits per heavy atom. The predicted octanol–water partition coefficient (Wildman–Crippen LogP) is 2.24. The van der Waals surface area contributed by atoms with E-state index in [0.717, 1.165) is 11.1 Å². The molecule has 4 aromatic rings. The maximum Gasteiger partial charge on any atom is 0.280 e. The predicted molar refractivity (Wildman–Crippen MR) is 103 cm³/mol. The van der Waals surface area contributed by atoms with Crippen LogP contribution in [0.3, 0.4) is 0 Å². The van der Waals surface area contributed by atoms with Crippen molar-refractivity contribution in [2.45, 2.75) is 0 Å². The molecule has 0 spiro atoms. The Kier molecular flexibility index (Phi) is 4.43. The number of ether oxygens (including phenoxy) is 1. The number of H-pyrrole nitrogens is 1. The Hall–Kier alpha value is -3.45. The van der Waals surface area contributed by atoms with E-state index in [0.29, 0.717) is 35.1 Å². The summed E-state index contributed by atoms with van der Waals surface area (Å²) in [7, 11) is 1.58. The number of nitrogens with zero attached hydrogens (tertiary/aromatic N) is 2. The highest BCUT2D eigenvalue weighted by Crippen LogP contribution is 2.22. The minimum atomic E-state index is -0.198. The van der Waals surface area contributed by atoms with E-state index < -0.39 is 0 Å². The van der Waals surface area contributed by atoms with E-state index in [1.807, 2.05) is 30.3 Å². The van der Waals surface area contributed by atoms with Crippen molar-refractivity contribution in [1.29, 1.82) is 0 Å². The number of benzene rings is 2. The monoisotopic (exact) mass is 362 g/mol. The van der Waals surface area contributed by atoms with Crippen molar-refractivity contribution in [3.05, 3.63) is 70.6 Å². The first kappa shape index (κ1) is 17.0. The van der Waals surface area contributed by atoms with Gasteiger partial charge in [0.25, 0.3) is 11.5 Å². The summed E-state index contributed by atoms with van der Waals surface area (Å²) in [4.78, 5) is 29.5. The second kappa shape index (κ2) is 7.05. The summed E-state index contributed by atoms with van der Waals surface area (Å²) >= 11 is 0. The Morgan fingerprint density at radius 3 is 2.78 bits per heavy atom. The van der Waals surface area contributed by atoms with Gasteiger partial charge in [-0.15, -0.1) is 0 Å². The molecule has 0 radical (unpaired) electrons. The van der Waals surface area contributed by atoms with E-state index in [1.54, 1.807) is 31.5 Å². The number of methoxy groups -OCH3 is 1. The average molecular weight is 362 g/mol. The van der Waals surface area contributed by atoms with E-state index in [1.165, 1.54) is 4.68 Å². The lowest BCUT2D eigenvalue weighted by Crippen LogP contribution is -2.26. The standard InChI is InChI=1S/C20H18N4O3/c1-27-10-9-21-19(25)13-7-8-17-15(11-13)18-16(12-22-17)20(26)24(23-18)14-5-3-2-4-6-14/h2-8,11-12,23H,9-10H2,1H3,(H,21,25). The Labute approximate surface area is 154 Å². The number of amides is 1. The van der Waals surface area contributed by atoms with Crippen molar-refractivity contribution < 1.29 is 9.53 Å². The molecule has 136 valence electrons. The van der Waals surface area contributed by atoms with Gasteiger partial charge in [0.05, 0.1) is 28.7 Å². The molecular formula is C20H18N4O3. The van der Waals surface area contributed by atoms with E-state index in [9.17, 15) is 9.59 Å². The van der Waals surface area contributed by atoms with Gasteiger partial charge < -0.3 is 10.1 Å². The van der Waals surface area contributed by atoms with Crippen LogP contribution in [-0.4, -0.2) is 40.9 Å². The first-order valence-corrected chi connectivity index (χ1v) is 8.55. The van der Waals surface area contributed by atoms with Crippen molar-refractivity contribution in [2.24, 2.45) is 0 Å². The maximum atomic E-state index is 12.8. The van der Waals surface area contributed by atoms with Crippen LogP contribution < -0.4 is 10.9 Å². The highest BCUT2D eigenvalue weighted by molar-refractivity contribution is 6.06. The number of nitrogens with one attached hydrogen (secondary N) is 2. The highest BCUT2D eigenvalue weighted by atomic mass is 16.5. The number of carbonyl (C=O) groups excluding carboxylic acids is 1. The first-order chi connectivity index (χ1) is 13.2. The number of fused-ring (bicyclic) bond motifs is 3. The molecule has 4 rings (SSSR count). The summed E-state index contributed by atoms with van der Waals surface area (Å²) < 4.78 is 6.43. The zero-order valence-electron chi connectivity index (χ0n) is 14.7. The van der Waals surface area contributed by atoms with E-state index >= 15 is 0 Å². The molecule has 0 aliphatic rings. The molecule has 0 unspecified atom stereocenters. The molecule has 7 nitrogen and oxygen atoms in total. The summed E-state index contributed by atoms with van der Waals surface area (Å²) in [6, 6.07) is 14.6. The van der Waals surface area contributed by atoms with Crippen molar-refractivity contribution in [3.8, 4) is 5.69 Å². The number of carbonyl (C=O) groups is 1. The van der Waals surface area contributed by atoms with Gasteiger partial charge in [0.15, 0.2) is 0 Å². The van der Waals surface area contributed by atoms with Crippen LogP contribution >= 0.6 is 0 Å². The molecule has 0 saturated carbocycles. The molecule has 0 aliphatic heterocycles. The molecule has 2 aromatic carbocycles. The molecule has 2 N–H and O–H groups in total. The van der Waals surface area contributed by atoms with Gasteiger partial charge in [-0.25, -0.2) is 4.68 Å². The fraction of sp³-hybridized carbons (Fsp3) is 0.150. The van der Waals surface area contributed by atoms with Crippen molar-refractivity contribution in [3.63, 3.8) is 0 Å². The van der Waals surface area contributed by atoms with Crippen LogP contribution in [0.4, 0.5) is 0 Å². The highest BCUT2D eigenvalue weighted by Gasteiger charge is 2.14. The Morgan fingerprint density at radius 2 is 2.00 bits per heavy atom. The van der Waals surface area contributed by atoms with Crippen LogP contribution in [0.5, 0.6) is 0 Å². The van der Waals surface area contributed by atoms with Crippen molar-refractivity contribution >= 4 is 27.7 Å². The van der Waals surface area contributed by atoms with Crippen molar-refractivity contribution in [1.82, 2.24) is 20.1 Å². The molecule has 0 saturated heterocycles. The lowest BCUT2D eigenvalue weighted by atomic mass is 10.1. The number of hydrogen-bond donors (Lipinski definition) is 2. The number of aromatic amines is 1. The minimum Gasteiger partial charge on any atom is -0.383 e. The van der Waals surface area contributed by atoms with Gasteiger partial charge in [0.1, 0.15) is 0 Å². The summed E-state index contributed by atoms with van der Waals surface area (Å²) in [5.74, 6) is -0.198. The summed E-state index contributed by atoms with van der Waals surface area (Å²) in [6.07, 6.45) is 1.56. The lowest BCUT2D eigenvalue weighted by molar-refractivity contribution is 0.0937. The van der Waals surface area contributed by atoms with E-state index in [4.69, 9.17) is 4.74 Å². The zero-order valence-corrected chi connectivity index (χ0v) is 14.7. The number of rotatable bonds is 5. The van der Waals surface area contributed by atoms with Gasteiger partial charge in [-0.1, -0.05) is 18.2 Å². The van der Waals surface area contributed by atoms with Crippen molar-refractivity contribution in [2.75, 3.05) is 20.3 Å². The molecule has 7 heteroatoms. The molecule has 0 aliphatic carbocycles. The van der Waals surface area contributed by atoms with Gasteiger partial charge in [-0.2, -0.15) is 0 Å². The largest absolute Gasteiger partial charge is 0.383 e. The van der Waals surface area contributed by atoms with E-state index in [-0.39, 0.29) is 11.5 Å². The Bertz CT molecular complexity index is 1180.